The Morgan fingerprint density at radius 1 is 0.952 bits per heavy atom. The Balaban J connectivity index is 2.14. The summed E-state index contributed by atoms with van der Waals surface area (Å²) in [4.78, 5) is 7.61. The lowest BCUT2D eigenvalue weighted by molar-refractivity contribution is 0.795. The highest BCUT2D eigenvalue weighted by Crippen LogP contribution is 2.28. The van der Waals surface area contributed by atoms with E-state index in [1.165, 1.54) is 18.4 Å². The molecule has 0 amide bonds. The van der Waals surface area contributed by atoms with Crippen molar-refractivity contribution in [1.82, 2.24) is 9.97 Å². The van der Waals surface area contributed by atoms with Crippen molar-refractivity contribution in [1.29, 1.82) is 0 Å². The minimum atomic E-state index is 0.0178. The van der Waals surface area contributed by atoms with Crippen LogP contribution >= 0.6 is 0 Å². The molecule has 0 aliphatic heterocycles. The Morgan fingerprint density at radius 3 is 2.14 bits per heavy atom. The summed E-state index contributed by atoms with van der Waals surface area (Å²) in [7, 11) is 0. The fourth-order valence-corrected chi connectivity index (χ4v) is 1.83. The van der Waals surface area contributed by atoms with Crippen LogP contribution in [0.3, 0.4) is 0 Å². The number of azo groups is 1. The largest absolute Gasteiger partial charge is 0.382 e. The molecule has 21 heavy (non-hydrogen) atoms. The number of hydrogen-bond acceptors (Lipinski definition) is 7. The van der Waals surface area contributed by atoms with Gasteiger partial charge in [-0.15, -0.1) is 5.11 Å². The predicted molar refractivity (Wildman–Crippen MR) is 84.5 cm³/mol. The van der Waals surface area contributed by atoms with Crippen molar-refractivity contribution in [3.63, 3.8) is 0 Å². The topological polar surface area (TPSA) is 129 Å². The second kappa shape index (κ2) is 6.65. The molecule has 1 heterocycles. The minimum absolute atomic E-state index is 0.0178. The third-order valence-corrected chi connectivity index (χ3v) is 2.98. The number of unbranched alkanes of at least 4 members (excludes halogenated alkanes) is 1. The first-order valence-electron chi connectivity index (χ1n) is 6.79. The molecule has 7 heteroatoms. The molecule has 0 bridgehead atoms. The number of nitrogens with zero attached hydrogens (tertiary/aromatic N) is 4. The van der Waals surface area contributed by atoms with Gasteiger partial charge in [-0.3, -0.25) is 0 Å². The second-order valence-electron chi connectivity index (χ2n) is 4.67. The maximum absolute atomic E-state index is 5.70. The number of aryl methyl sites for hydroxylation is 1. The molecule has 110 valence electrons. The molecule has 6 N–H and O–H groups in total. The minimum Gasteiger partial charge on any atom is -0.382 e. The maximum Gasteiger partial charge on any atom is 0.224 e. The lowest BCUT2D eigenvalue weighted by atomic mass is 10.1. The molecule has 0 aliphatic carbocycles. The van der Waals surface area contributed by atoms with Gasteiger partial charge in [-0.1, -0.05) is 25.5 Å². The summed E-state index contributed by atoms with van der Waals surface area (Å²) in [5.74, 6) is 0.246. The Bertz CT molecular complexity index is 611. The normalized spacial score (nSPS) is 11.1. The van der Waals surface area contributed by atoms with Crippen molar-refractivity contribution in [3.05, 3.63) is 29.8 Å². The predicted octanol–water partition coefficient (Wildman–Crippen LogP) is 2.98. The standard InChI is InChI=1S/C14H19N7/c1-2-3-4-9-5-7-10(8-6-9)20-21-11-12(15)18-14(17)19-13(11)16/h5-8H,2-4H2,1H3,(H6,15,16,17,18,19). The molecule has 0 aliphatic rings. The van der Waals surface area contributed by atoms with Crippen LogP contribution in [0.5, 0.6) is 0 Å². The van der Waals surface area contributed by atoms with Crippen molar-refractivity contribution in [3.8, 4) is 0 Å². The van der Waals surface area contributed by atoms with E-state index in [4.69, 9.17) is 17.2 Å². The number of nitrogen functional groups attached to an aromatic ring is 3. The van der Waals surface area contributed by atoms with Gasteiger partial charge in [0.25, 0.3) is 0 Å². The molecule has 0 spiro atoms. The molecule has 7 nitrogen and oxygen atoms in total. The van der Waals surface area contributed by atoms with E-state index in [1.807, 2.05) is 24.3 Å². The molecule has 0 fully saturated rings. The van der Waals surface area contributed by atoms with Crippen LogP contribution in [-0.4, -0.2) is 9.97 Å². The maximum atomic E-state index is 5.70. The summed E-state index contributed by atoms with van der Waals surface area (Å²) >= 11 is 0. The lowest BCUT2D eigenvalue weighted by Gasteiger charge is -2.03. The number of rotatable bonds is 5. The monoisotopic (exact) mass is 285 g/mol. The van der Waals surface area contributed by atoms with Crippen LogP contribution in [-0.2, 0) is 6.42 Å². The van der Waals surface area contributed by atoms with E-state index in [9.17, 15) is 0 Å². The van der Waals surface area contributed by atoms with Crippen LogP contribution < -0.4 is 17.2 Å². The van der Waals surface area contributed by atoms with Gasteiger partial charge in [0.15, 0.2) is 17.3 Å². The average molecular weight is 285 g/mol. The first kappa shape index (κ1) is 14.7. The molecule has 0 saturated heterocycles. The van der Waals surface area contributed by atoms with E-state index < -0.39 is 0 Å². The van der Waals surface area contributed by atoms with E-state index >= 15 is 0 Å². The molecule has 0 unspecified atom stereocenters. The van der Waals surface area contributed by atoms with Gasteiger partial charge in [0, 0.05) is 0 Å². The van der Waals surface area contributed by atoms with Crippen molar-refractivity contribution in [2.45, 2.75) is 26.2 Å². The van der Waals surface area contributed by atoms with Crippen LogP contribution in [0, 0.1) is 0 Å². The van der Waals surface area contributed by atoms with Gasteiger partial charge >= 0.3 is 0 Å². The van der Waals surface area contributed by atoms with Crippen molar-refractivity contribution >= 4 is 29.0 Å². The third-order valence-electron chi connectivity index (χ3n) is 2.98. The molecule has 2 rings (SSSR count). The Labute approximate surface area is 123 Å². The fourth-order valence-electron chi connectivity index (χ4n) is 1.83. The zero-order valence-corrected chi connectivity index (χ0v) is 12.0. The molecular weight excluding hydrogens is 266 g/mol. The summed E-state index contributed by atoms with van der Waals surface area (Å²) in [6.45, 7) is 2.17. The molecule has 1 aromatic heterocycles. The summed E-state index contributed by atoms with van der Waals surface area (Å²) in [5, 5.41) is 8.10. The van der Waals surface area contributed by atoms with Crippen molar-refractivity contribution < 1.29 is 0 Å². The van der Waals surface area contributed by atoms with E-state index in [0.717, 1.165) is 6.42 Å². The van der Waals surface area contributed by atoms with E-state index in [2.05, 4.69) is 27.1 Å². The second-order valence-corrected chi connectivity index (χ2v) is 4.67. The molecule has 1 aromatic carbocycles. The Kier molecular flexibility index (Phi) is 4.65. The molecule has 2 aromatic rings. The smallest absolute Gasteiger partial charge is 0.224 e. The van der Waals surface area contributed by atoms with Crippen LogP contribution in [0.15, 0.2) is 34.5 Å². The fraction of sp³-hybridized carbons (Fsp3) is 0.286. The van der Waals surface area contributed by atoms with E-state index in [1.54, 1.807) is 0 Å². The summed E-state index contributed by atoms with van der Waals surface area (Å²) < 4.78 is 0. The number of benzene rings is 1. The summed E-state index contributed by atoms with van der Waals surface area (Å²) in [6.07, 6.45) is 3.42. The molecule has 0 saturated carbocycles. The van der Waals surface area contributed by atoms with Gasteiger partial charge in [0.1, 0.15) is 0 Å². The summed E-state index contributed by atoms with van der Waals surface area (Å²) in [5.41, 5.74) is 19.1. The highest BCUT2D eigenvalue weighted by molar-refractivity contribution is 5.71. The number of aromatic nitrogens is 2. The molecule has 0 atom stereocenters. The highest BCUT2D eigenvalue weighted by Gasteiger charge is 2.07. The lowest BCUT2D eigenvalue weighted by Crippen LogP contribution is -2.03. The van der Waals surface area contributed by atoms with Gasteiger partial charge in [-0.25, -0.2) is 0 Å². The summed E-state index contributed by atoms with van der Waals surface area (Å²) in [6, 6.07) is 7.88. The zero-order valence-electron chi connectivity index (χ0n) is 12.0. The van der Waals surface area contributed by atoms with Gasteiger partial charge in [-0.2, -0.15) is 15.1 Å². The van der Waals surface area contributed by atoms with Crippen LogP contribution in [0.2, 0.25) is 0 Å². The van der Waals surface area contributed by atoms with Gasteiger partial charge in [-0.05, 0) is 30.5 Å². The third kappa shape index (κ3) is 3.88. The molecule has 0 radical (unpaired) electrons. The Morgan fingerprint density at radius 2 is 1.57 bits per heavy atom. The van der Waals surface area contributed by atoms with Gasteiger partial charge in [0.2, 0.25) is 5.95 Å². The van der Waals surface area contributed by atoms with E-state index in [-0.39, 0.29) is 23.3 Å². The van der Waals surface area contributed by atoms with Crippen LogP contribution in [0.25, 0.3) is 0 Å². The van der Waals surface area contributed by atoms with Crippen LogP contribution in [0.4, 0.5) is 29.0 Å². The number of hydrogen-bond donors (Lipinski definition) is 3. The van der Waals surface area contributed by atoms with Crippen molar-refractivity contribution in [2.75, 3.05) is 17.2 Å². The SMILES string of the molecule is CCCCc1ccc(N=Nc2c(N)nc(N)nc2N)cc1. The molecular formula is C14H19N7. The number of anilines is 3. The first-order valence-corrected chi connectivity index (χ1v) is 6.79. The van der Waals surface area contributed by atoms with Gasteiger partial charge in [0.05, 0.1) is 5.69 Å². The highest BCUT2D eigenvalue weighted by atomic mass is 15.2. The van der Waals surface area contributed by atoms with E-state index in [0.29, 0.717) is 5.69 Å². The quantitative estimate of drug-likeness (QED) is 0.727. The Hall–Kier alpha value is -2.70. The zero-order chi connectivity index (χ0) is 15.2. The van der Waals surface area contributed by atoms with Crippen molar-refractivity contribution in [2.24, 2.45) is 10.2 Å². The first-order chi connectivity index (χ1) is 10.1. The van der Waals surface area contributed by atoms with Crippen LogP contribution in [0.1, 0.15) is 25.3 Å². The van der Waals surface area contributed by atoms with Gasteiger partial charge < -0.3 is 17.2 Å². The number of nitrogens with two attached hydrogens (primary N) is 3. The average Bonchev–Trinajstić information content (AvgIpc) is 2.45.